The van der Waals surface area contributed by atoms with Gasteiger partial charge in [0.05, 0.1) is 6.54 Å². The van der Waals surface area contributed by atoms with Crippen LogP contribution in [-0.2, 0) is 6.54 Å². The molecule has 0 aliphatic heterocycles. The van der Waals surface area contributed by atoms with Gasteiger partial charge < -0.3 is 14.8 Å². The van der Waals surface area contributed by atoms with Crippen LogP contribution in [-0.4, -0.2) is 34.3 Å². The van der Waals surface area contributed by atoms with Crippen molar-refractivity contribution in [3.8, 4) is 0 Å². The Hall–Kier alpha value is -3.15. The van der Waals surface area contributed by atoms with Crippen LogP contribution in [0.5, 0.6) is 0 Å². The highest BCUT2D eigenvalue weighted by Crippen LogP contribution is 2.16. The van der Waals surface area contributed by atoms with Gasteiger partial charge in [0.1, 0.15) is 12.7 Å². The van der Waals surface area contributed by atoms with Gasteiger partial charge in [-0.25, -0.2) is 0 Å². The number of rotatable bonds is 6. The van der Waals surface area contributed by atoms with E-state index in [-0.39, 0.29) is 5.91 Å². The maximum atomic E-state index is 12.4. The molecule has 0 saturated heterocycles. The van der Waals surface area contributed by atoms with E-state index in [0.717, 1.165) is 23.5 Å². The molecule has 1 amide bonds. The average molecular weight is 335 g/mol. The number of amides is 1. The molecule has 0 atom stereocenters. The average Bonchev–Trinajstić information content (AvgIpc) is 3.14. The first kappa shape index (κ1) is 16.7. The number of hydrogen-bond donors (Lipinski definition) is 1. The number of benzene rings is 2. The summed E-state index contributed by atoms with van der Waals surface area (Å²) >= 11 is 0. The summed E-state index contributed by atoms with van der Waals surface area (Å²) < 4.78 is 1.88. The van der Waals surface area contributed by atoms with Gasteiger partial charge in [-0.05, 0) is 48.9 Å². The van der Waals surface area contributed by atoms with Crippen molar-refractivity contribution < 1.29 is 4.79 Å². The lowest BCUT2D eigenvalue weighted by molar-refractivity contribution is 0.102. The molecule has 0 fully saturated rings. The Bertz CT molecular complexity index is 827. The number of nitrogens with one attached hydrogen (secondary N) is 1. The third kappa shape index (κ3) is 4.23. The number of anilines is 2. The van der Waals surface area contributed by atoms with Gasteiger partial charge in [0.25, 0.3) is 5.91 Å². The molecule has 128 valence electrons. The third-order valence-corrected chi connectivity index (χ3v) is 4.06. The van der Waals surface area contributed by atoms with E-state index in [0.29, 0.717) is 12.1 Å². The zero-order valence-corrected chi connectivity index (χ0v) is 14.4. The van der Waals surface area contributed by atoms with Gasteiger partial charge in [-0.2, -0.15) is 0 Å². The van der Waals surface area contributed by atoms with E-state index >= 15 is 0 Å². The fourth-order valence-electron chi connectivity index (χ4n) is 2.52. The maximum Gasteiger partial charge on any atom is 0.255 e. The molecule has 3 aromatic rings. The lowest BCUT2D eigenvalue weighted by atomic mass is 10.1. The molecular formula is C19H21N5O. The molecule has 0 radical (unpaired) electrons. The molecular weight excluding hydrogens is 314 g/mol. The van der Waals surface area contributed by atoms with Crippen LogP contribution in [0, 0.1) is 0 Å². The van der Waals surface area contributed by atoms with Crippen molar-refractivity contribution in [2.45, 2.75) is 13.5 Å². The molecule has 6 heteroatoms. The van der Waals surface area contributed by atoms with E-state index in [1.54, 1.807) is 12.7 Å². The molecule has 0 aliphatic rings. The Morgan fingerprint density at radius 1 is 1.12 bits per heavy atom. The Morgan fingerprint density at radius 2 is 1.84 bits per heavy atom. The number of carbonyl (C=O) groups excluding carboxylic acids is 1. The summed E-state index contributed by atoms with van der Waals surface area (Å²) in [5, 5.41) is 10.5. The summed E-state index contributed by atoms with van der Waals surface area (Å²) in [6.07, 6.45) is 3.33. The van der Waals surface area contributed by atoms with Gasteiger partial charge in [0.15, 0.2) is 0 Å². The van der Waals surface area contributed by atoms with E-state index < -0.39 is 0 Å². The highest BCUT2D eigenvalue weighted by molar-refractivity contribution is 6.04. The minimum Gasteiger partial charge on any atom is -0.375 e. The van der Waals surface area contributed by atoms with E-state index in [9.17, 15) is 4.79 Å². The molecule has 0 spiro atoms. The van der Waals surface area contributed by atoms with Gasteiger partial charge in [0, 0.05) is 30.5 Å². The summed E-state index contributed by atoms with van der Waals surface area (Å²) in [4.78, 5) is 14.6. The van der Waals surface area contributed by atoms with Gasteiger partial charge in [-0.15, -0.1) is 10.2 Å². The lowest BCUT2D eigenvalue weighted by Gasteiger charge is -2.16. The number of hydrogen-bond acceptors (Lipinski definition) is 4. The topological polar surface area (TPSA) is 63.1 Å². The second-order valence-corrected chi connectivity index (χ2v) is 5.85. The van der Waals surface area contributed by atoms with Crippen LogP contribution >= 0.6 is 0 Å². The minimum absolute atomic E-state index is 0.118. The van der Waals surface area contributed by atoms with Gasteiger partial charge in [-0.3, -0.25) is 4.79 Å². The SMILES string of the molecule is CCN(C)c1ccc(C(=O)Nc2cccc(Cn3cnnc3)c2)cc1. The van der Waals surface area contributed by atoms with E-state index in [1.165, 1.54) is 0 Å². The molecule has 6 nitrogen and oxygen atoms in total. The van der Waals surface area contributed by atoms with Gasteiger partial charge in [0.2, 0.25) is 0 Å². The van der Waals surface area contributed by atoms with Crippen LogP contribution < -0.4 is 10.2 Å². The summed E-state index contributed by atoms with van der Waals surface area (Å²) in [6, 6.07) is 15.4. The summed E-state index contributed by atoms with van der Waals surface area (Å²) in [5.74, 6) is -0.118. The first-order chi connectivity index (χ1) is 12.2. The number of nitrogens with zero attached hydrogens (tertiary/aromatic N) is 4. The van der Waals surface area contributed by atoms with Crippen molar-refractivity contribution in [3.05, 3.63) is 72.3 Å². The van der Waals surface area contributed by atoms with Crippen molar-refractivity contribution in [3.63, 3.8) is 0 Å². The minimum atomic E-state index is -0.118. The Kier molecular flexibility index (Phi) is 5.09. The molecule has 0 saturated carbocycles. The Labute approximate surface area is 147 Å². The van der Waals surface area contributed by atoms with Crippen LogP contribution in [0.4, 0.5) is 11.4 Å². The van der Waals surface area contributed by atoms with Crippen molar-refractivity contribution in [2.24, 2.45) is 0 Å². The first-order valence-electron chi connectivity index (χ1n) is 8.19. The quantitative estimate of drug-likeness (QED) is 0.752. The Morgan fingerprint density at radius 3 is 2.52 bits per heavy atom. The summed E-state index contributed by atoms with van der Waals surface area (Å²) in [7, 11) is 2.02. The molecule has 3 rings (SSSR count). The smallest absolute Gasteiger partial charge is 0.255 e. The standard InChI is InChI=1S/C19H21N5O/c1-3-23(2)18-9-7-16(8-10-18)19(25)22-17-6-4-5-15(11-17)12-24-13-20-21-14-24/h4-11,13-14H,3,12H2,1-2H3,(H,22,25). The van der Waals surface area contributed by atoms with E-state index in [2.05, 4.69) is 27.3 Å². The van der Waals surface area contributed by atoms with Crippen LogP contribution in [0.15, 0.2) is 61.2 Å². The molecule has 2 aromatic carbocycles. The van der Waals surface area contributed by atoms with Crippen molar-refractivity contribution in [1.29, 1.82) is 0 Å². The fourth-order valence-corrected chi connectivity index (χ4v) is 2.52. The molecule has 1 aromatic heterocycles. The zero-order valence-electron chi connectivity index (χ0n) is 14.4. The Balaban J connectivity index is 1.68. The van der Waals surface area contributed by atoms with Crippen LogP contribution in [0.2, 0.25) is 0 Å². The van der Waals surface area contributed by atoms with Gasteiger partial charge in [-0.1, -0.05) is 12.1 Å². The number of aromatic nitrogens is 3. The molecule has 0 aliphatic carbocycles. The van der Waals surface area contributed by atoms with Gasteiger partial charge >= 0.3 is 0 Å². The summed E-state index contributed by atoms with van der Waals surface area (Å²) in [6.45, 7) is 3.67. The zero-order chi connectivity index (χ0) is 17.6. The van der Waals surface area contributed by atoms with Crippen LogP contribution in [0.1, 0.15) is 22.8 Å². The predicted octanol–water partition coefficient (Wildman–Crippen LogP) is 3.03. The highest BCUT2D eigenvalue weighted by Gasteiger charge is 2.07. The van der Waals surface area contributed by atoms with Crippen molar-refractivity contribution in [2.75, 3.05) is 23.8 Å². The maximum absolute atomic E-state index is 12.4. The molecule has 25 heavy (non-hydrogen) atoms. The molecule has 1 N–H and O–H groups in total. The third-order valence-electron chi connectivity index (χ3n) is 4.06. The highest BCUT2D eigenvalue weighted by atomic mass is 16.1. The largest absolute Gasteiger partial charge is 0.375 e. The molecule has 0 unspecified atom stereocenters. The predicted molar refractivity (Wildman–Crippen MR) is 98.9 cm³/mol. The van der Waals surface area contributed by atoms with Crippen molar-refractivity contribution in [1.82, 2.24) is 14.8 Å². The van der Waals surface area contributed by atoms with Crippen LogP contribution in [0.3, 0.4) is 0 Å². The normalized spacial score (nSPS) is 10.5. The monoisotopic (exact) mass is 335 g/mol. The van der Waals surface area contributed by atoms with E-state index in [4.69, 9.17) is 0 Å². The molecule has 0 bridgehead atoms. The second-order valence-electron chi connectivity index (χ2n) is 5.85. The first-order valence-corrected chi connectivity index (χ1v) is 8.19. The fraction of sp³-hybridized carbons (Fsp3) is 0.211. The van der Waals surface area contributed by atoms with Crippen LogP contribution in [0.25, 0.3) is 0 Å². The number of carbonyl (C=O) groups is 1. The van der Waals surface area contributed by atoms with E-state index in [1.807, 2.05) is 60.1 Å². The second kappa shape index (κ2) is 7.61. The summed E-state index contributed by atoms with van der Waals surface area (Å²) in [5.41, 5.74) is 3.57. The van der Waals surface area contributed by atoms with Crippen molar-refractivity contribution >= 4 is 17.3 Å². The molecule has 1 heterocycles. The lowest BCUT2D eigenvalue weighted by Crippen LogP contribution is -2.16.